The van der Waals surface area contributed by atoms with Crippen molar-refractivity contribution in [3.8, 4) is 5.75 Å². The average molecular weight is 289 g/mol. The van der Waals surface area contributed by atoms with Crippen molar-refractivity contribution in [1.29, 1.82) is 0 Å². The molecule has 19 heavy (non-hydrogen) atoms. The lowest BCUT2D eigenvalue weighted by Gasteiger charge is -2.11. The summed E-state index contributed by atoms with van der Waals surface area (Å²) in [7, 11) is 1.39. The molecule has 0 aromatic heterocycles. The SMILES string of the molecule is COc1cc(NC(=O)C2CCC(N)C2)ccc1F.Cl. The van der Waals surface area contributed by atoms with Crippen LogP contribution in [0.3, 0.4) is 0 Å². The Balaban J connectivity index is 0.00000180. The number of hydrogen-bond donors (Lipinski definition) is 2. The lowest BCUT2D eigenvalue weighted by Crippen LogP contribution is -2.23. The van der Waals surface area contributed by atoms with Crippen molar-refractivity contribution in [1.82, 2.24) is 0 Å². The van der Waals surface area contributed by atoms with E-state index in [1.165, 1.54) is 25.3 Å². The summed E-state index contributed by atoms with van der Waals surface area (Å²) in [6, 6.07) is 4.38. The molecule has 2 unspecified atom stereocenters. The quantitative estimate of drug-likeness (QED) is 0.897. The number of amides is 1. The van der Waals surface area contributed by atoms with E-state index in [1.807, 2.05) is 0 Å². The molecule has 1 saturated carbocycles. The van der Waals surface area contributed by atoms with Gasteiger partial charge in [-0.15, -0.1) is 12.4 Å². The van der Waals surface area contributed by atoms with Gasteiger partial charge in [-0.25, -0.2) is 4.39 Å². The molecule has 2 atom stereocenters. The lowest BCUT2D eigenvalue weighted by atomic mass is 10.1. The van der Waals surface area contributed by atoms with Crippen LogP contribution in [0.5, 0.6) is 5.75 Å². The first kappa shape index (κ1) is 15.7. The van der Waals surface area contributed by atoms with Gasteiger partial charge < -0.3 is 15.8 Å². The highest BCUT2D eigenvalue weighted by Crippen LogP contribution is 2.27. The minimum Gasteiger partial charge on any atom is -0.494 e. The van der Waals surface area contributed by atoms with E-state index in [0.29, 0.717) is 12.1 Å². The smallest absolute Gasteiger partial charge is 0.227 e. The molecule has 0 heterocycles. The molecule has 1 aliphatic carbocycles. The van der Waals surface area contributed by atoms with Crippen LogP contribution in [0.2, 0.25) is 0 Å². The van der Waals surface area contributed by atoms with Crippen LogP contribution >= 0.6 is 12.4 Å². The molecule has 4 nitrogen and oxygen atoms in total. The molecule has 106 valence electrons. The van der Waals surface area contributed by atoms with Crippen molar-refractivity contribution in [2.75, 3.05) is 12.4 Å². The van der Waals surface area contributed by atoms with Crippen molar-refractivity contribution in [3.05, 3.63) is 24.0 Å². The number of halogens is 2. The third-order valence-electron chi connectivity index (χ3n) is 3.26. The minimum absolute atomic E-state index is 0. The van der Waals surface area contributed by atoms with Gasteiger partial charge in [0, 0.05) is 23.7 Å². The Morgan fingerprint density at radius 3 is 2.79 bits per heavy atom. The second kappa shape index (κ2) is 6.73. The van der Waals surface area contributed by atoms with Gasteiger partial charge in [0.25, 0.3) is 0 Å². The summed E-state index contributed by atoms with van der Waals surface area (Å²) in [5.74, 6) is -0.429. The van der Waals surface area contributed by atoms with Gasteiger partial charge in [0.2, 0.25) is 5.91 Å². The summed E-state index contributed by atoms with van der Waals surface area (Å²) in [5, 5.41) is 2.77. The largest absolute Gasteiger partial charge is 0.494 e. The van der Waals surface area contributed by atoms with Crippen molar-refractivity contribution < 1.29 is 13.9 Å². The normalized spacial score (nSPS) is 21.6. The summed E-state index contributed by atoms with van der Waals surface area (Å²) in [4.78, 5) is 11.9. The number of methoxy groups -OCH3 is 1. The Labute approximate surface area is 117 Å². The minimum atomic E-state index is -0.446. The van der Waals surface area contributed by atoms with Crippen LogP contribution in [0.4, 0.5) is 10.1 Å². The van der Waals surface area contributed by atoms with Crippen LogP contribution in [0.15, 0.2) is 18.2 Å². The number of ether oxygens (including phenoxy) is 1. The molecule has 2 rings (SSSR count). The maximum absolute atomic E-state index is 13.2. The summed E-state index contributed by atoms with van der Waals surface area (Å²) in [6.07, 6.45) is 2.40. The predicted molar refractivity (Wildman–Crippen MR) is 74.1 cm³/mol. The lowest BCUT2D eigenvalue weighted by molar-refractivity contribution is -0.119. The van der Waals surface area contributed by atoms with Crippen molar-refractivity contribution in [2.24, 2.45) is 11.7 Å². The van der Waals surface area contributed by atoms with E-state index in [0.717, 1.165) is 12.8 Å². The molecule has 1 aromatic rings. The monoisotopic (exact) mass is 288 g/mol. The molecule has 0 saturated heterocycles. The van der Waals surface area contributed by atoms with Crippen molar-refractivity contribution in [2.45, 2.75) is 25.3 Å². The van der Waals surface area contributed by atoms with E-state index in [4.69, 9.17) is 10.5 Å². The fourth-order valence-corrected chi connectivity index (χ4v) is 2.24. The molecular weight excluding hydrogens is 271 g/mol. The second-order valence-corrected chi connectivity index (χ2v) is 4.61. The molecule has 1 aliphatic rings. The number of benzene rings is 1. The van der Waals surface area contributed by atoms with E-state index in [9.17, 15) is 9.18 Å². The molecule has 1 fully saturated rings. The fraction of sp³-hybridized carbons (Fsp3) is 0.462. The zero-order valence-electron chi connectivity index (χ0n) is 10.7. The number of rotatable bonds is 3. The van der Waals surface area contributed by atoms with Gasteiger partial charge in [-0.2, -0.15) is 0 Å². The molecule has 0 radical (unpaired) electrons. The number of nitrogens with one attached hydrogen (secondary N) is 1. The molecule has 0 aliphatic heterocycles. The van der Waals surface area contributed by atoms with Crippen LogP contribution in [0.1, 0.15) is 19.3 Å². The van der Waals surface area contributed by atoms with Crippen LogP contribution in [0, 0.1) is 11.7 Å². The van der Waals surface area contributed by atoms with Crippen molar-refractivity contribution in [3.63, 3.8) is 0 Å². The zero-order chi connectivity index (χ0) is 13.1. The van der Waals surface area contributed by atoms with Crippen molar-refractivity contribution >= 4 is 24.0 Å². The molecule has 0 bridgehead atoms. The highest BCUT2D eigenvalue weighted by molar-refractivity contribution is 5.92. The molecule has 1 aromatic carbocycles. The van der Waals surface area contributed by atoms with Gasteiger partial charge in [0.15, 0.2) is 11.6 Å². The van der Waals surface area contributed by atoms with E-state index >= 15 is 0 Å². The van der Waals surface area contributed by atoms with E-state index in [2.05, 4.69) is 5.32 Å². The summed E-state index contributed by atoms with van der Waals surface area (Å²) >= 11 is 0. The van der Waals surface area contributed by atoms with E-state index in [-0.39, 0.29) is 36.0 Å². The Morgan fingerprint density at radius 2 is 2.21 bits per heavy atom. The summed E-state index contributed by atoms with van der Waals surface area (Å²) < 4.78 is 18.1. The first-order valence-corrected chi connectivity index (χ1v) is 6.00. The number of nitrogens with two attached hydrogens (primary N) is 1. The molecule has 3 N–H and O–H groups in total. The number of carbonyl (C=O) groups is 1. The molecular formula is C13H18ClFN2O2. The highest BCUT2D eigenvalue weighted by Gasteiger charge is 2.27. The van der Waals surface area contributed by atoms with Gasteiger partial charge in [0.1, 0.15) is 0 Å². The van der Waals surface area contributed by atoms with E-state index in [1.54, 1.807) is 0 Å². The summed E-state index contributed by atoms with van der Waals surface area (Å²) in [5.41, 5.74) is 6.31. The van der Waals surface area contributed by atoms with Crippen LogP contribution < -0.4 is 15.8 Å². The van der Waals surface area contributed by atoms with Crippen LogP contribution in [-0.2, 0) is 4.79 Å². The molecule has 6 heteroatoms. The second-order valence-electron chi connectivity index (χ2n) is 4.61. The van der Waals surface area contributed by atoms with Crippen LogP contribution in [-0.4, -0.2) is 19.1 Å². The predicted octanol–water partition coefficient (Wildman–Crippen LogP) is 2.32. The Morgan fingerprint density at radius 1 is 1.47 bits per heavy atom. The summed E-state index contributed by atoms with van der Waals surface area (Å²) in [6.45, 7) is 0. The third kappa shape index (κ3) is 3.81. The standard InChI is InChI=1S/C13H17FN2O2.ClH/c1-18-12-7-10(4-5-11(12)14)16-13(17)8-2-3-9(15)6-8;/h4-5,7-9H,2-3,6,15H2,1H3,(H,16,17);1H. The van der Waals surface area contributed by atoms with Gasteiger partial charge in [-0.1, -0.05) is 0 Å². The number of hydrogen-bond acceptors (Lipinski definition) is 3. The third-order valence-corrected chi connectivity index (χ3v) is 3.26. The first-order valence-electron chi connectivity index (χ1n) is 6.00. The number of anilines is 1. The maximum atomic E-state index is 13.2. The van der Waals surface area contributed by atoms with Crippen LogP contribution in [0.25, 0.3) is 0 Å². The Bertz CT molecular complexity index is 456. The van der Waals surface area contributed by atoms with E-state index < -0.39 is 5.82 Å². The first-order chi connectivity index (χ1) is 8.60. The van der Waals surface area contributed by atoms with Gasteiger partial charge in [-0.05, 0) is 31.4 Å². The van der Waals surface area contributed by atoms with Gasteiger partial charge >= 0.3 is 0 Å². The number of carbonyl (C=O) groups excluding carboxylic acids is 1. The molecule has 0 spiro atoms. The van der Waals surface area contributed by atoms with Gasteiger partial charge in [0.05, 0.1) is 7.11 Å². The highest BCUT2D eigenvalue weighted by atomic mass is 35.5. The fourth-order valence-electron chi connectivity index (χ4n) is 2.24. The average Bonchev–Trinajstić information content (AvgIpc) is 2.78. The topological polar surface area (TPSA) is 64.3 Å². The van der Waals surface area contributed by atoms with Gasteiger partial charge in [-0.3, -0.25) is 4.79 Å². The Kier molecular flexibility index (Phi) is 5.57. The zero-order valence-corrected chi connectivity index (χ0v) is 11.5. The maximum Gasteiger partial charge on any atom is 0.227 e. The molecule has 1 amide bonds. The Hall–Kier alpha value is -1.33.